The van der Waals surface area contributed by atoms with E-state index >= 15 is 0 Å². The number of alkyl halides is 3. The molecule has 2 aromatic carbocycles. The fourth-order valence-corrected chi connectivity index (χ4v) is 4.94. The monoisotopic (exact) mass is 541 g/mol. The number of aromatic nitrogens is 1. The molecule has 0 aliphatic rings. The molecule has 2 heterocycles. The highest BCUT2D eigenvalue weighted by atomic mass is 32.1. The van der Waals surface area contributed by atoms with Crippen LogP contribution in [0.2, 0.25) is 0 Å². The minimum atomic E-state index is -4.70. The minimum absolute atomic E-state index is 0.0389. The molecule has 0 aliphatic carbocycles. The van der Waals surface area contributed by atoms with Crippen LogP contribution in [0.25, 0.3) is 21.3 Å². The first-order valence-electron chi connectivity index (χ1n) is 10.6. The van der Waals surface area contributed by atoms with Crippen LogP contribution >= 0.6 is 11.3 Å². The second-order valence-corrected chi connectivity index (χ2v) is 8.85. The highest BCUT2D eigenvalue weighted by Gasteiger charge is 2.32. The standard InChI is InChI=1S/C24H18F3N7O3S/c1-37-12-5-6-13(15(8-12)34(23(32)36)11-4-2-3-10(7-11)24(25,26)27)16-14(9-28)20(30)33-22-17(16)18(29)19(38-22)21(31)35/h2-8H,29H2,1H3,(H2,30,33)(H2,31,35)(H2,32,36). The van der Waals surface area contributed by atoms with Crippen molar-refractivity contribution in [2.75, 3.05) is 23.5 Å². The normalized spacial score (nSPS) is 11.2. The molecule has 3 amide bonds. The van der Waals surface area contributed by atoms with Crippen molar-refractivity contribution in [2.24, 2.45) is 11.5 Å². The Morgan fingerprint density at radius 1 is 1.13 bits per heavy atom. The molecule has 0 spiro atoms. The van der Waals surface area contributed by atoms with Crippen molar-refractivity contribution < 1.29 is 27.5 Å². The number of halogens is 3. The van der Waals surface area contributed by atoms with Crippen molar-refractivity contribution in [1.82, 2.24) is 4.98 Å². The molecule has 14 heteroatoms. The van der Waals surface area contributed by atoms with Gasteiger partial charge >= 0.3 is 12.2 Å². The van der Waals surface area contributed by atoms with Crippen molar-refractivity contribution in [1.29, 1.82) is 5.26 Å². The fourth-order valence-electron chi connectivity index (χ4n) is 3.98. The average molecular weight is 542 g/mol. The van der Waals surface area contributed by atoms with E-state index in [2.05, 4.69) is 4.98 Å². The summed E-state index contributed by atoms with van der Waals surface area (Å²) in [6.45, 7) is 0. The Kier molecular flexibility index (Phi) is 6.48. The lowest BCUT2D eigenvalue weighted by Gasteiger charge is -2.25. The Morgan fingerprint density at radius 3 is 2.42 bits per heavy atom. The van der Waals surface area contributed by atoms with Gasteiger partial charge in [-0.1, -0.05) is 6.07 Å². The van der Waals surface area contributed by atoms with E-state index in [4.69, 9.17) is 27.7 Å². The van der Waals surface area contributed by atoms with Crippen LogP contribution in [-0.2, 0) is 6.18 Å². The number of methoxy groups -OCH3 is 1. The molecule has 0 atom stereocenters. The maximum absolute atomic E-state index is 13.5. The molecule has 10 nitrogen and oxygen atoms in total. The van der Waals surface area contributed by atoms with Crippen molar-refractivity contribution in [3.05, 3.63) is 58.5 Å². The summed E-state index contributed by atoms with van der Waals surface area (Å²) in [5.41, 5.74) is 22.1. The summed E-state index contributed by atoms with van der Waals surface area (Å²) in [6.07, 6.45) is -4.70. The van der Waals surface area contributed by atoms with Gasteiger partial charge in [-0.25, -0.2) is 9.78 Å². The number of ether oxygens (including phenoxy) is 1. The molecule has 0 saturated carbocycles. The topological polar surface area (TPSA) is 187 Å². The minimum Gasteiger partial charge on any atom is -0.497 e. The van der Waals surface area contributed by atoms with Gasteiger partial charge in [0.15, 0.2) is 0 Å². The van der Waals surface area contributed by atoms with Crippen molar-refractivity contribution in [2.45, 2.75) is 6.18 Å². The lowest BCUT2D eigenvalue weighted by atomic mass is 9.94. The molecule has 4 rings (SSSR count). The Hall–Kier alpha value is -5.03. The molecule has 0 unspecified atom stereocenters. The third kappa shape index (κ3) is 4.35. The van der Waals surface area contributed by atoms with E-state index in [0.29, 0.717) is 0 Å². The highest BCUT2D eigenvalue weighted by molar-refractivity contribution is 7.21. The summed E-state index contributed by atoms with van der Waals surface area (Å²) in [6, 6.07) is 9.07. The van der Waals surface area contributed by atoms with Gasteiger partial charge in [0.25, 0.3) is 5.91 Å². The number of nitriles is 1. The van der Waals surface area contributed by atoms with Crippen LogP contribution in [0.3, 0.4) is 0 Å². The summed E-state index contributed by atoms with van der Waals surface area (Å²) in [5.74, 6) is -0.834. The summed E-state index contributed by atoms with van der Waals surface area (Å²) in [7, 11) is 1.34. The number of nitrogens with two attached hydrogens (primary N) is 4. The molecule has 2 aromatic heterocycles. The zero-order chi connectivity index (χ0) is 27.9. The van der Waals surface area contributed by atoms with E-state index in [-0.39, 0.29) is 60.4 Å². The number of urea groups is 1. The van der Waals surface area contributed by atoms with Gasteiger partial charge < -0.3 is 27.7 Å². The smallest absolute Gasteiger partial charge is 0.416 e. The number of hydrogen-bond donors (Lipinski definition) is 4. The molecule has 194 valence electrons. The van der Waals surface area contributed by atoms with Gasteiger partial charge in [-0.15, -0.1) is 11.3 Å². The number of amides is 3. The summed E-state index contributed by atoms with van der Waals surface area (Å²) < 4.78 is 45.7. The molecule has 0 aliphatic heterocycles. The quantitative estimate of drug-likeness (QED) is 0.289. The SMILES string of the molecule is COc1ccc(-c2c(C#N)c(N)nc3sc(C(N)=O)c(N)c23)c(N(C(N)=O)c2cccc(C(F)(F)F)c2)c1. The van der Waals surface area contributed by atoms with Crippen LogP contribution < -0.4 is 32.6 Å². The predicted octanol–water partition coefficient (Wildman–Crippen LogP) is 4.34. The van der Waals surface area contributed by atoms with Crippen LogP contribution in [0.5, 0.6) is 5.75 Å². The molecule has 0 saturated heterocycles. The first-order valence-corrected chi connectivity index (χ1v) is 11.4. The van der Waals surface area contributed by atoms with E-state index < -0.39 is 23.7 Å². The first kappa shape index (κ1) is 26.0. The number of anilines is 4. The molecule has 8 N–H and O–H groups in total. The highest BCUT2D eigenvalue weighted by Crippen LogP contribution is 2.47. The van der Waals surface area contributed by atoms with Gasteiger partial charge in [0.2, 0.25) is 0 Å². The van der Waals surface area contributed by atoms with Crippen LogP contribution in [0.1, 0.15) is 20.8 Å². The maximum atomic E-state index is 13.5. The Labute approximate surface area is 216 Å². The summed E-state index contributed by atoms with van der Waals surface area (Å²) in [4.78, 5) is 29.8. The molecular formula is C24H18F3N7O3S. The molecule has 0 radical (unpaired) electrons. The van der Waals surface area contributed by atoms with Gasteiger partial charge in [-0.05, 0) is 30.3 Å². The molecule has 0 fully saturated rings. The number of pyridine rings is 1. The lowest BCUT2D eigenvalue weighted by molar-refractivity contribution is -0.137. The molecule has 38 heavy (non-hydrogen) atoms. The predicted molar refractivity (Wildman–Crippen MR) is 137 cm³/mol. The third-order valence-corrected chi connectivity index (χ3v) is 6.72. The number of benzene rings is 2. The number of primary amides is 2. The van der Waals surface area contributed by atoms with E-state index in [1.165, 1.54) is 31.4 Å². The van der Waals surface area contributed by atoms with Crippen molar-refractivity contribution in [3.63, 3.8) is 0 Å². The van der Waals surface area contributed by atoms with E-state index in [9.17, 15) is 28.0 Å². The van der Waals surface area contributed by atoms with Gasteiger partial charge in [0.05, 0.1) is 29.7 Å². The number of nitrogens with zero attached hydrogens (tertiary/aromatic N) is 3. The molecule has 4 aromatic rings. The van der Waals surface area contributed by atoms with E-state index in [1.807, 2.05) is 6.07 Å². The van der Waals surface area contributed by atoms with E-state index in [0.717, 1.165) is 34.4 Å². The number of hydrogen-bond acceptors (Lipinski definition) is 8. The number of nitrogen functional groups attached to an aromatic ring is 2. The van der Waals surface area contributed by atoms with Crippen LogP contribution in [-0.4, -0.2) is 24.0 Å². The van der Waals surface area contributed by atoms with Crippen LogP contribution in [0.15, 0.2) is 42.5 Å². The Balaban J connectivity index is 2.13. The third-order valence-electron chi connectivity index (χ3n) is 5.61. The van der Waals surface area contributed by atoms with Gasteiger partial charge in [0, 0.05) is 22.6 Å². The average Bonchev–Trinajstić information content (AvgIpc) is 3.18. The molecule has 0 bridgehead atoms. The van der Waals surface area contributed by atoms with Gasteiger partial charge in [0.1, 0.15) is 32.9 Å². The Bertz CT molecular complexity index is 1660. The number of thiophene rings is 1. The summed E-state index contributed by atoms with van der Waals surface area (Å²) in [5, 5.41) is 10.1. The lowest BCUT2D eigenvalue weighted by Crippen LogP contribution is -2.32. The second-order valence-electron chi connectivity index (χ2n) is 7.85. The van der Waals surface area contributed by atoms with Crippen LogP contribution in [0, 0.1) is 11.3 Å². The van der Waals surface area contributed by atoms with Gasteiger partial charge in [-0.2, -0.15) is 18.4 Å². The first-order chi connectivity index (χ1) is 17.9. The zero-order valence-electron chi connectivity index (χ0n) is 19.5. The fraction of sp³-hybridized carbons (Fsp3) is 0.0833. The number of rotatable bonds is 5. The Morgan fingerprint density at radius 2 is 1.84 bits per heavy atom. The molecular weight excluding hydrogens is 523 g/mol. The van der Waals surface area contributed by atoms with Crippen molar-refractivity contribution in [3.8, 4) is 22.9 Å². The second kappa shape index (κ2) is 9.45. The van der Waals surface area contributed by atoms with Crippen LogP contribution in [0.4, 0.5) is 40.8 Å². The number of fused-ring (bicyclic) bond motifs is 1. The maximum Gasteiger partial charge on any atom is 0.416 e. The number of carbonyl (C=O) groups is 2. The number of carbonyl (C=O) groups excluding carboxylic acids is 2. The van der Waals surface area contributed by atoms with E-state index in [1.54, 1.807) is 0 Å². The summed E-state index contributed by atoms with van der Waals surface area (Å²) >= 11 is 0.848. The zero-order valence-corrected chi connectivity index (χ0v) is 20.3. The van der Waals surface area contributed by atoms with Gasteiger partial charge in [-0.3, -0.25) is 9.69 Å². The van der Waals surface area contributed by atoms with Crippen molar-refractivity contribution >= 4 is 56.4 Å². The largest absolute Gasteiger partial charge is 0.497 e.